The predicted octanol–water partition coefficient (Wildman–Crippen LogP) is 8.64. The number of para-hydroxylation sites is 1. The molecule has 0 spiro atoms. The van der Waals surface area contributed by atoms with Gasteiger partial charge in [-0.3, -0.25) is 9.36 Å². The number of carbonyl (C=O) groups excluding carboxylic acids is 1. The average molecular weight is 636 g/mol. The van der Waals surface area contributed by atoms with Crippen LogP contribution in [0.5, 0.6) is 0 Å². The van der Waals surface area contributed by atoms with Crippen LogP contribution in [0.3, 0.4) is 0 Å². The van der Waals surface area contributed by atoms with Gasteiger partial charge < -0.3 is 10.2 Å². The first kappa shape index (κ1) is 27.9. The number of benzene rings is 4. The lowest BCUT2D eigenvalue weighted by Crippen LogP contribution is -2.40. The van der Waals surface area contributed by atoms with Gasteiger partial charge in [-0.25, -0.2) is 9.78 Å². The van der Waals surface area contributed by atoms with Crippen LogP contribution in [0.2, 0.25) is 10.0 Å². The van der Waals surface area contributed by atoms with Crippen molar-refractivity contribution in [3.63, 3.8) is 0 Å². The van der Waals surface area contributed by atoms with E-state index in [2.05, 4.69) is 21.2 Å². The number of halogens is 3. The summed E-state index contributed by atoms with van der Waals surface area (Å²) in [7, 11) is 0. The Balaban J connectivity index is 1.68. The van der Waals surface area contributed by atoms with Crippen LogP contribution < -0.4 is 10.9 Å². The third-order valence-electron chi connectivity index (χ3n) is 6.60. The lowest BCUT2D eigenvalue weighted by Gasteiger charge is -2.32. The monoisotopic (exact) mass is 634 g/mol. The molecule has 1 unspecified atom stereocenters. The summed E-state index contributed by atoms with van der Waals surface area (Å²) in [4.78, 5) is 34.6. The number of nitrogens with zero attached hydrogens (tertiary/aromatic N) is 3. The molecule has 0 bridgehead atoms. The van der Waals surface area contributed by atoms with E-state index in [1.54, 1.807) is 33.7 Å². The summed E-state index contributed by atoms with van der Waals surface area (Å²) in [6, 6.07) is 28.5. The molecule has 5 rings (SSSR count). The van der Waals surface area contributed by atoms with Crippen molar-refractivity contribution >= 4 is 61.8 Å². The van der Waals surface area contributed by atoms with E-state index in [1.165, 1.54) is 0 Å². The maximum atomic E-state index is 14.0. The van der Waals surface area contributed by atoms with Crippen LogP contribution in [0.1, 0.15) is 30.8 Å². The summed E-state index contributed by atoms with van der Waals surface area (Å²) in [6.45, 7) is 2.24. The molecule has 0 fully saturated rings. The van der Waals surface area contributed by atoms with Crippen molar-refractivity contribution in [2.75, 3.05) is 5.32 Å². The summed E-state index contributed by atoms with van der Waals surface area (Å²) in [6.07, 6.45) is 0.491. The fourth-order valence-electron chi connectivity index (χ4n) is 4.65. The molecule has 0 saturated carbocycles. The van der Waals surface area contributed by atoms with E-state index in [-0.39, 0.29) is 17.1 Å². The molecular formula is C31H25BrCl2N4O2. The topological polar surface area (TPSA) is 67.2 Å². The number of amides is 2. The van der Waals surface area contributed by atoms with E-state index in [0.29, 0.717) is 39.5 Å². The van der Waals surface area contributed by atoms with Gasteiger partial charge in [-0.1, -0.05) is 94.6 Å². The first-order valence-corrected chi connectivity index (χ1v) is 14.3. The van der Waals surface area contributed by atoms with Crippen LogP contribution in [0.4, 0.5) is 10.5 Å². The van der Waals surface area contributed by atoms with Crippen molar-refractivity contribution in [3.05, 3.63) is 133 Å². The summed E-state index contributed by atoms with van der Waals surface area (Å²) in [5.41, 5.74) is 2.32. The predicted molar refractivity (Wildman–Crippen MR) is 166 cm³/mol. The Kier molecular flexibility index (Phi) is 8.54. The van der Waals surface area contributed by atoms with Gasteiger partial charge in [0.25, 0.3) is 5.56 Å². The molecule has 4 aromatic carbocycles. The van der Waals surface area contributed by atoms with Crippen LogP contribution in [0.25, 0.3) is 16.6 Å². The normalized spacial score (nSPS) is 11.8. The van der Waals surface area contributed by atoms with Crippen LogP contribution in [0.15, 0.2) is 106 Å². The molecule has 0 aliphatic rings. The van der Waals surface area contributed by atoms with E-state index in [9.17, 15) is 9.59 Å². The average Bonchev–Trinajstić information content (AvgIpc) is 2.97. The molecule has 1 heterocycles. The molecule has 2 amide bonds. The number of anilines is 1. The van der Waals surface area contributed by atoms with Gasteiger partial charge in [0.15, 0.2) is 0 Å². The molecule has 1 atom stereocenters. The number of aromatic nitrogens is 2. The van der Waals surface area contributed by atoms with E-state index in [1.807, 2.05) is 79.7 Å². The molecule has 0 aliphatic heterocycles. The minimum Gasteiger partial charge on any atom is -0.310 e. The SMILES string of the molecule is CCC(c1nc2ccccc2c(=O)n1-c1ccc(Br)cc1)N(Cc1ccccc1)C(=O)Nc1cccc(Cl)c1Cl. The van der Waals surface area contributed by atoms with E-state index >= 15 is 0 Å². The number of fused-ring (bicyclic) bond motifs is 1. The van der Waals surface area contributed by atoms with E-state index < -0.39 is 12.1 Å². The van der Waals surface area contributed by atoms with Gasteiger partial charge in [-0.05, 0) is 60.5 Å². The molecule has 6 nitrogen and oxygen atoms in total. The first-order valence-electron chi connectivity index (χ1n) is 12.7. The van der Waals surface area contributed by atoms with Crippen molar-refractivity contribution in [1.82, 2.24) is 14.5 Å². The maximum Gasteiger partial charge on any atom is 0.322 e. The Bertz CT molecular complexity index is 1730. The molecule has 0 aliphatic carbocycles. The van der Waals surface area contributed by atoms with Crippen molar-refractivity contribution in [2.24, 2.45) is 0 Å². The quantitative estimate of drug-likeness (QED) is 0.195. The summed E-state index contributed by atoms with van der Waals surface area (Å²) < 4.78 is 2.48. The van der Waals surface area contributed by atoms with Crippen molar-refractivity contribution in [1.29, 1.82) is 0 Å². The van der Waals surface area contributed by atoms with Gasteiger partial charge in [0.1, 0.15) is 5.82 Å². The highest BCUT2D eigenvalue weighted by Gasteiger charge is 2.30. The second-order valence-corrected chi connectivity index (χ2v) is 10.9. The Morgan fingerprint density at radius 1 is 0.950 bits per heavy atom. The standard InChI is InChI=1S/C31H25BrCl2N4O2/c1-2-27(29-35-25-13-7-6-11-23(25)30(39)38(29)22-17-15-21(32)16-18-22)37(19-20-9-4-3-5-10-20)31(40)36-26-14-8-12-24(33)28(26)34/h3-18,27H,2,19H2,1H3,(H,36,40). The smallest absolute Gasteiger partial charge is 0.310 e. The third-order valence-corrected chi connectivity index (χ3v) is 7.94. The molecule has 0 radical (unpaired) electrons. The number of hydrogen-bond acceptors (Lipinski definition) is 3. The van der Waals surface area contributed by atoms with Crippen LogP contribution >= 0.6 is 39.1 Å². The van der Waals surface area contributed by atoms with E-state index in [4.69, 9.17) is 28.2 Å². The van der Waals surface area contributed by atoms with Crippen molar-refractivity contribution in [2.45, 2.75) is 25.9 Å². The number of hydrogen-bond donors (Lipinski definition) is 1. The van der Waals surface area contributed by atoms with Crippen LogP contribution in [-0.4, -0.2) is 20.5 Å². The highest BCUT2D eigenvalue weighted by Crippen LogP contribution is 2.32. The Labute approximate surface area is 250 Å². The Morgan fingerprint density at radius 3 is 2.38 bits per heavy atom. The van der Waals surface area contributed by atoms with Gasteiger partial charge in [0.05, 0.1) is 38.4 Å². The highest BCUT2D eigenvalue weighted by atomic mass is 79.9. The molecule has 5 aromatic rings. The lowest BCUT2D eigenvalue weighted by molar-refractivity contribution is 0.177. The summed E-state index contributed by atoms with van der Waals surface area (Å²) >= 11 is 16.1. The van der Waals surface area contributed by atoms with Gasteiger partial charge in [0, 0.05) is 11.0 Å². The minimum atomic E-state index is -0.570. The fourth-order valence-corrected chi connectivity index (χ4v) is 5.26. The third kappa shape index (κ3) is 5.77. The molecule has 1 aromatic heterocycles. The fraction of sp³-hybridized carbons (Fsp3) is 0.129. The highest BCUT2D eigenvalue weighted by molar-refractivity contribution is 9.10. The van der Waals surface area contributed by atoms with Gasteiger partial charge in [-0.15, -0.1) is 0 Å². The van der Waals surface area contributed by atoms with Gasteiger partial charge in [0.2, 0.25) is 0 Å². The molecular weight excluding hydrogens is 611 g/mol. The second-order valence-electron chi connectivity index (χ2n) is 9.17. The second kappa shape index (κ2) is 12.3. The number of urea groups is 1. The zero-order valence-electron chi connectivity index (χ0n) is 21.5. The van der Waals surface area contributed by atoms with Gasteiger partial charge >= 0.3 is 6.03 Å². The van der Waals surface area contributed by atoms with Crippen LogP contribution in [-0.2, 0) is 6.54 Å². The molecule has 9 heteroatoms. The first-order chi connectivity index (χ1) is 19.4. The maximum absolute atomic E-state index is 14.0. The van der Waals surface area contributed by atoms with Crippen LogP contribution in [0, 0.1) is 0 Å². The van der Waals surface area contributed by atoms with Gasteiger partial charge in [-0.2, -0.15) is 0 Å². The molecule has 202 valence electrons. The zero-order valence-corrected chi connectivity index (χ0v) is 24.6. The zero-order chi connectivity index (χ0) is 28.2. The summed E-state index contributed by atoms with van der Waals surface area (Å²) in [5.74, 6) is 0.455. The number of nitrogens with one attached hydrogen (secondary N) is 1. The van der Waals surface area contributed by atoms with Crippen molar-refractivity contribution in [3.8, 4) is 5.69 Å². The molecule has 1 N–H and O–H groups in total. The Morgan fingerprint density at radius 2 is 1.65 bits per heavy atom. The molecule has 0 saturated heterocycles. The minimum absolute atomic E-state index is 0.209. The number of rotatable bonds is 7. The van der Waals surface area contributed by atoms with E-state index in [0.717, 1.165) is 10.0 Å². The Hall–Kier alpha value is -3.65. The largest absolute Gasteiger partial charge is 0.322 e. The summed E-state index contributed by atoms with van der Waals surface area (Å²) in [5, 5.41) is 4.00. The molecule has 40 heavy (non-hydrogen) atoms. The number of carbonyl (C=O) groups is 1. The van der Waals surface area contributed by atoms with Crippen molar-refractivity contribution < 1.29 is 4.79 Å². The lowest BCUT2D eigenvalue weighted by atomic mass is 10.1.